The molecule has 0 radical (unpaired) electrons. The van der Waals surface area contributed by atoms with Gasteiger partial charge in [-0.05, 0) is 34.2 Å². The first-order chi connectivity index (χ1) is 15.6. The minimum Gasteiger partial charge on any atom is -0.449 e. The Labute approximate surface area is 186 Å². The number of carbonyl (C=O) groups is 2. The van der Waals surface area contributed by atoms with Gasteiger partial charge in [-0.15, -0.1) is 0 Å². The van der Waals surface area contributed by atoms with Crippen molar-refractivity contribution in [3.8, 4) is 11.1 Å². The monoisotopic (exact) mass is 431 g/mol. The minimum atomic E-state index is -1.22. The normalized spacial score (nSPS) is 14.2. The first kappa shape index (κ1) is 21.7. The molecule has 0 saturated carbocycles. The van der Waals surface area contributed by atoms with Crippen molar-refractivity contribution in [2.75, 3.05) is 13.2 Å². The van der Waals surface area contributed by atoms with Gasteiger partial charge in [0.25, 0.3) is 0 Å². The van der Waals surface area contributed by atoms with Crippen LogP contribution in [0.4, 0.5) is 4.79 Å². The molecule has 0 fully saturated rings. The van der Waals surface area contributed by atoms with E-state index in [4.69, 9.17) is 4.74 Å². The number of ether oxygens (including phenoxy) is 1. The average molecular weight is 431 g/mol. The van der Waals surface area contributed by atoms with Crippen LogP contribution in [0.15, 0.2) is 72.8 Å². The predicted molar refractivity (Wildman–Crippen MR) is 120 cm³/mol. The topological polar surface area (TPSA) is 95.9 Å². The van der Waals surface area contributed by atoms with Crippen LogP contribution in [0.2, 0.25) is 0 Å². The van der Waals surface area contributed by atoms with Crippen molar-refractivity contribution in [1.29, 1.82) is 0 Å². The molecule has 1 aliphatic rings. The zero-order chi connectivity index (χ0) is 22.5. The van der Waals surface area contributed by atoms with E-state index in [9.17, 15) is 19.8 Å². The Bertz CT molecular complexity index is 1070. The Morgan fingerprint density at radius 2 is 1.53 bits per heavy atom. The second-order valence-corrected chi connectivity index (χ2v) is 7.80. The minimum absolute atomic E-state index is 0.0274. The van der Waals surface area contributed by atoms with E-state index >= 15 is 0 Å². The molecular formula is C26H25NO5. The van der Waals surface area contributed by atoms with Crippen molar-refractivity contribution in [1.82, 2.24) is 5.32 Å². The number of amides is 1. The number of nitrogens with one attached hydrogen (secondary N) is 1. The molecule has 3 N–H and O–H groups in total. The maximum atomic E-state index is 12.2. The fourth-order valence-corrected chi connectivity index (χ4v) is 4.22. The number of hydrogen-bond donors (Lipinski definition) is 3. The van der Waals surface area contributed by atoms with Crippen LogP contribution in [0, 0.1) is 0 Å². The molecule has 2 atom stereocenters. The number of fused-ring (bicyclic) bond motifs is 3. The van der Waals surface area contributed by atoms with Crippen molar-refractivity contribution in [3.63, 3.8) is 0 Å². The molecule has 0 bridgehead atoms. The molecule has 3 aromatic carbocycles. The molecule has 0 heterocycles. The molecule has 164 valence electrons. The maximum Gasteiger partial charge on any atom is 0.407 e. The van der Waals surface area contributed by atoms with Crippen molar-refractivity contribution in [2.24, 2.45) is 0 Å². The molecule has 1 aliphatic carbocycles. The summed E-state index contributed by atoms with van der Waals surface area (Å²) >= 11 is 0. The van der Waals surface area contributed by atoms with Gasteiger partial charge in [0.2, 0.25) is 0 Å². The van der Waals surface area contributed by atoms with Gasteiger partial charge in [0.05, 0.1) is 6.10 Å². The number of aliphatic hydroxyl groups excluding tert-OH is 2. The lowest BCUT2D eigenvalue weighted by atomic mass is 9.98. The highest BCUT2D eigenvalue weighted by molar-refractivity contribution is 5.79. The Morgan fingerprint density at radius 3 is 2.19 bits per heavy atom. The summed E-state index contributed by atoms with van der Waals surface area (Å²) in [5.74, 6) is -0.0274. The van der Waals surface area contributed by atoms with Crippen LogP contribution in [0.1, 0.15) is 45.5 Å². The Balaban J connectivity index is 1.29. The molecule has 0 spiro atoms. The van der Waals surface area contributed by atoms with E-state index in [2.05, 4.69) is 29.6 Å². The van der Waals surface area contributed by atoms with Crippen LogP contribution < -0.4 is 5.32 Å². The molecular weight excluding hydrogens is 406 g/mol. The van der Waals surface area contributed by atoms with Crippen LogP contribution in [0.5, 0.6) is 0 Å². The molecule has 3 aromatic rings. The van der Waals surface area contributed by atoms with Crippen molar-refractivity contribution < 1.29 is 24.5 Å². The average Bonchev–Trinajstić information content (AvgIpc) is 3.16. The number of benzene rings is 3. The van der Waals surface area contributed by atoms with E-state index in [1.54, 1.807) is 24.3 Å². The first-order valence-corrected chi connectivity index (χ1v) is 10.6. The van der Waals surface area contributed by atoms with Gasteiger partial charge in [-0.3, -0.25) is 4.79 Å². The summed E-state index contributed by atoms with van der Waals surface area (Å²) in [5, 5.41) is 23.2. The van der Waals surface area contributed by atoms with Gasteiger partial charge in [0.1, 0.15) is 19.0 Å². The lowest BCUT2D eigenvalue weighted by molar-refractivity contribution is 0.0133. The summed E-state index contributed by atoms with van der Waals surface area (Å²) in [6, 6.07) is 22.7. The quantitative estimate of drug-likeness (QED) is 0.471. The number of alkyl carbamates (subject to hydrolysis) is 1. The smallest absolute Gasteiger partial charge is 0.407 e. The summed E-state index contributed by atoms with van der Waals surface area (Å²) in [7, 11) is 0. The first-order valence-electron chi connectivity index (χ1n) is 10.6. The van der Waals surface area contributed by atoms with Crippen LogP contribution in [0.3, 0.4) is 0 Å². The number of aliphatic hydroxyl groups is 2. The lowest BCUT2D eigenvalue weighted by Gasteiger charge is -2.20. The summed E-state index contributed by atoms with van der Waals surface area (Å²) in [5.41, 5.74) is 5.26. The van der Waals surface area contributed by atoms with Gasteiger partial charge in [-0.2, -0.15) is 0 Å². The lowest BCUT2D eigenvalue weighted by Crippen LogP contribution is -2.31. The van der Waals surface area contributed by atoms with E-state index in [1.165, 1.54) is 0 Å². The Kier molecular flexibility index (Phi) is 6.63. The third kappa shape index (κ3) is 4.42. The predicted octanol–water partition coefficient (Wildman–Crippen LogP) is 3.82. The largest absolute Gasteiger partial charge is 0.449 e. The van der Waals surface area contributed by atoms with Crippen LogP contribution >= 0.6 is 0 Å². The number of aldehydes is 1. The number of rotatable bonds is 8. The summed E-state index contributed by atoms with van der Waals surface area (Å²) in [6.45, 7) is 0.329. The number of hydrogen-bond acceptors (Lipinski definition) is 5. The van der Waals surface area contributed by atoms with E-state index in [1.807, 2.05) is 24.3 Å². The zero-order valence-corrected chi connectivity index (χ0v) is 17.5. The van der Waals surface area contributed by atoms with Gasteiger partial charge >= 0.3 is 6.09 Å². The highest BCUT2D eigenvalue weighted by Crippen LogP contribution is 2.44. The van der Waals surface area contributed by atoms with E-state index in [-0.39, 0.29) is 25.5 Å². The third-order valence-electron chi connectivity index (χ3n) is 5.86. The van der Waals surface area contributed by atoms with Gasteiger partial charge in [-0.25, -0.2) is 4.79 Å². The van der Waals surface area contributed by atoms with Gasteiger partial charge in [0.15, 0.2) is 0 Å². The Hall–Kier alpha value is -3.48. The van der Waals surface area contributed by atoms with E-state index < -0.39 is 18.3 Å². The summed E-state index contributed by atoms with van der Waals surface area (Å²) in [4.78, 5) is 23.3. The van der Waals surface area contributed by atoms with Gasteiger partial charge < -0.3 is 20.3 Å². The zero-order valence-electron chi connectivity index (χ0n) is 17.5. The highest BCUT2D eigenvalue weighted by atomic mass is 16.5. The number of carbonyl (C=O) groups excluding carboxylic acids is 2. The molecule has 0 aromatic heterocycles. The molecule has 1 amide bonds. The van der Waals surface area contributed by atoms with Gasteiger partial charge in [-0.1, -0.05) is 72.8 Å². The van der Waals surface area contributed by atoms with Gasteiger partial charge in [0, 0.05) is 18.0 Å². The molecule has 0 saturated heterocycles. The molecule has 6 nitrogen and oxygen atoms in total. The van der Waals surface area contributed by atoms with Crippen molar-refractivity contribution >= 4 is 12.4 Å². The van der Waals surface area contributed by atoms with Crippen LogP contribution in [0.25, 0.3) is 11.1 Å². The maximum absolute atomic E-state index is 12.2. The fraction of sp³-hybridized carbons (Fsp3) is 0.231. The molecule has 0 aliphatic heterocycles. The van der Waals surface area contributed by atoms with E-state index in [0.29, 0.717) is 17.4 Å². The summed E-state index contributed by atoms with van der Waals surface area (Å²) < 4.78 is 5.46. The SMILES string of the molecule is O=Cc1ccccc1C(O)C(O)CCNC(=O)OCC1c2ccccc2-c2ccccc21. The molecule has 32 heavy (non-hydrogen) atoms. The van der Waals surface area contributed by atoms with Crippen LogP contribution in [-0.4, -0.2) is 41.8 Å². The fourth-order valence-electron chi connectivity index (χ4n) is 4.22. The Morgan fingerprint density at radius 1 is 0.938 bits per heavy atom. The van der Waals surface area contributed by atoms with Crippen molar-refractivity contribution in [2.45, 2.75) is 24.5 Å². The second-order valence-electron chi connectivity index (χ2n) is 7.80. The molecule has 2 unspecified atom stereocenters. The van der Waals surface area contributed by atoms with E-state index in [0.717, 1.165) is 22.3 Å². The van der Waals surface area contributed by atoms with Crippen LogP contribution in [-0.2, 0) is 4.74 Å². The molecule has 4 rings (SSSR count). The standard InChI is InChI=1S/C26H25NO5/c28-15-17-7-1-2-8-18(17)25(30)24(29)13-14-27-26(31)32-16-23-21-11-5-3-9-19(21)20-10-4-6-12-22(20)23/h1-12,15,23-25,29-30H,13-14,16H2,(H,27,31). The summed E-state index contributed by atoms with van der Waals surface area (Å²) in [6.07, 6.45) is -2.19. The molecule has 6 heteroatoms. The second kappa shape index (κ2) is 9.77. The third-order valence-corrected chi connectivity index (χ3v) is 5.86. The van der Waals surface area contributed by atoms with Crippen molar-refractivity contribution in [3.05, 3.63) is 95.1 Å². The highest BCUT2D eigenvalue weighted by Gasteiger charge is 2.29.